The highest BCUT2D eigenvalue weighted by Crippen LogP contribution is 2.20. The lowest BCUT2D eigenvalue weighted by Crippen LogP contribution is -2.37. The topological polar surface area (TPSA) is 74.2 Å². The summed E-state index contributed by atoms with van der Waals surface area (Å²) in [4.78, 5) is 17.0. The van der Waals surface area contributed by atoms with E-state index < -0.39 is 0 Å². The Labute approximate surface area is 124 Å². The Kier molecular flexibility index (Phi) is 6.95. The highest BCUT2D eigenvalue weighted by molar-refractivity contribution is 7.11. The van der Waals surface area contributed by atoms with Crippen LogP contribution >= 0.6 is 11.3 Å². The maximum Gasteiger partial charge on any atom is 0.314 e. The van der Waals surface area contributed by atoms with E-state index in [0.29, 0.717) is 13.1 Å². The van der Waals surface area contributed by atoms with E-state index in [1.807, 2.05) is 27.0 Å². The summed E-state index contributed by atoms with van der Waals surface area (Å²) in [6.45, 7) is 7.46. The fourth-order valence-corrected chi connectivity index (χ4v) is 2.50. The Morgan fingerprint density at radius 2 is 2.10 bits per heavy atom. The standard InChI is InChI=1S/C14H25N3O2S/c1-11-9-17-12(20-11)5-8-16-13(19)15-7-4-6-14(2,3)10-18/h9,18H,4-8,10H2,1-3H3,(H2,15,16,19). The normalized spacial score (nSPS) is 11.4. The van der Waals surface area contributed by atoms with E-state index in [1.165, 1.54) is 4.88 Å². The molecule has 5 nitrogen and oxygen atoms in total. The van der Waals surface area contributed by atoms with Crippen molar-refractivity contribution in [2.75, 3.05) is 19.7 Å². The molecular weight excluding hydrogens is 274 g/mol. The van der Waals surface area contributed by atoms with Crippen LogP contribution in [0, 0.1) is 12.3 Å². The number of amides is 2. The van der Waals surface area contributed by atoms with E-state index in [1.54, 1.807) is 11.3 Å². The largest absolute Gasteiger partial charge is 0.396 e. The number of aliphatic hydroxyl groups is 1. The zero-order valence-electron chi connectivity index (χ0n) is 12.5. The van der Waals surface area contributed by atoms with Gasteiger partial charge in [0.25, 0.3) is 0 Å². The third-order valence-corrected chi connectivity index (χ3v) is 4.01. The van der Waals surface area contributed by atoms with E-state index in [-0.39, 0.29) is 18.1 Å². The minimum Gasteiger partial charge on any atom is -0.396 e. The number of carbonyl (C=O) groups is 1. The third kappa shape index (κ3) is 6.86. The van der Waals surface area contributed by atoms with Crippen LogP contribution in [-0.2, 0) is 6.42 Å². The second-order valence-corrected chi connectivity index (χ2v) is 7.04. The molecule has 1 aromatic rings. The van der Waals surface area contributed by atoms with Crippen molar-refractivity contribution in [1.82, 2.24) is 15.6 Å². The van der Waals surface area contributed by atoms with Gasteiger partial charge in [-0.25, -0.2) is 9.78 Å². The molecule has 0 unspecified atom stereocenters. The minimum atomic E-state index is -0.139. The number of urea groups is 1. The van der Waals surface area contributed by atoms with Crippen molar-refractivity contribution >= 4 is 17.4 Å². The number of rotatable bonds is 8. The van der Waals surface area contributed by atoms with Crippen LogP contribution in [0.5, 0.6) is 0 Å². The molecule has 0 bridgehead atoms. The summed E-state index contributed by atoms with van der Waals surface area (Å²) in [5, 5.41) is 15.8. The smallest absolute Gasteiger partial charge is 0.314 e. The number of aryl methyl sites for hydroxylation is 1. The maximum atomic E-state index is 11.5. The van der Waals surface area contributed by atoms with Gasteiger partial charge in [-0.3, -0.25) is 0 Å². The van der Waals surface area contributed by atoms with Crippen molar-refractivity contribution in [3.05, 3.63) is 16.1 Å². The van der Waals surface area contributed by atoms with Crippen molar-refractivity contribution in [2.45, 2.75) is 40.0 Å². The summed E-state index contributed by atoms with van der Waals surface area (Å²) in [5.74, 6) is 0. The summed E-state index contributed by atoms with van der Waals surface area (Å²) >= 11 is 1.66. The average Bonchev–Trinajstić information content (AvgIpc) is 2.80. The second-order valence-electron chi connectivity index (χ2n) is 5.72. The molecule has 2 amide bonds. The molecule has 0 aromatic carbocycles. The SMILES string of the molecule is Cc1cnc(CCNC(=O)NCCCC(C)(C)CO)s1. The minimum absolute atomic E-state index is 0.0686. The van der Waals surface area contributed by atoms with Gasteiger partial charge in [0.15, 0.2) is 0 Å². The number of aliphatic hydroxyl groups excluding tert-OH is 1. The number of hydrogen-bond donors (Lipinski definition) is 3. The van der Waals surface area contributed by atoms with Crippen LogP contribution in [0.3, 0.4) is 0 Å². The van der Waals surface area contributed by atoms with Crippen molar-refractivity contribution in [3.63, 3.8) is 0 Å². The molecule has 1 rings (SSSR count). The first-order valence-electron chi connectivity index (χ1n) is 6.97. The summed E-state index contributed by atoms with van der Waals surface area (Å²) in [6.07, 6.45) is 4.38. The number of carbonyl (C=O) groups excluding carboxylic acids is 1. The third-order valence-electron chi connectivity index (χ3n) is 3.04. The molecule has 0 aliphatic rings. The van der Waals surface area contributed by atoms with Crippen LogP contribution in [0.15, 0.2) is 6.20 Å². The molecule has 0 aliphatic carbocycles. The number of nitrogens with one attached hydrogen (secondary N) is 2. The van der Waals surface area contributed by atoms with Gasteiger partial charge in [-0.1, -0.05) is 13.8 Å². The monoisotopic (exact) mass is 299 g/mol. The quantitative estimate of drug-likeness (QED) is 0.644. The molecule has 1 aromatic heterocycles. The lowest BCUT2D eigenvalue weighted by molar-refractivity contribution is 0.148. The molecule has 0 radical (unpaired) electrons. The van der Waals surface area contributed by atoms with Crippen molar-refractivity contribution < 1.29 is 9.90 Å². The van der Waals surface area contributed by atoms with E-state index in [0.717, 1.165) is 24.3 Å². The molecule has 3 N–H and O–H groups in total. The van der Waals surface area contributed by atoms with E-state index >= 15 is 0 Å². The van der Waals surface area contributed by atoms with Gasteiger partial charge < -0.3 is 15.7 Å². The Balaban J connectivity index is 2.06. The molecule has 0 spiro atoms. The lowest BCUT2D eigenvalue weighted by Gasteiger charge is -2.21. The van der Waals surface area contributed by atoms with E-state index in [9.17, 15) is 4.79 Å². The summed E-state index contributed by atoms with van der Waals surface area (Å²) in [5.41, 5.74) is -0.0686. The molecule has 6 heteroatoms. The molecule has 20 heavy (non-hydrogen) atoms. The molecule has 0 fully saturated rings. The van der Waals surface area contributed by atoms with Gasteiger partial charge in [0, 0.05) is 37.2 Å². The van der Waals surface area contributed by atoms with Crippen molar-refractivity contribution in [1.29, 1.82) is 0 Å². The highest BCUT2D eigenvalue weighted by Gasteiger charge is 2.15. The van der Waals surface area contributed by atoms with Crippen molar-refractivity contribution in [2.24, 2.45) is 5.41 Å². The molecule has 0 atom stereocenters. The summed E-state index contributed by atoms with van der Waals surface area (Å²) in [7, 11) is 0. The lowest BCUT2D eigenvalue weighted by atomic mass is 9.89. The number of nitrogens with zero attached hydrogens (tertiary/aromatic N) is 1. The first-order valence-corrected chi connectivity index (χ1v) is 7.78. The number of aromatic nitrogens is 1. The fraction of sp³-hybridized carbons (Fsp3) is 0.714. The first kappa shape index (κ1) is 16.9. The van der Waals surface area contributed by atoms with Gasteiger partial charge in [0.1, 0.15) is 0 Å². The predicted octanol–water partition coefficient (Wildman–Crippen LogP) is 2.09. The maximum absolute atomic E-state index is 11.5. The van der Waals surface area contributed by atoms with Crippen LogP contribution in [-0.4, -0.2) is 35.8 Å². The van der Waals surface area contributed by atoms with E-state index in [2.05, 4.69) is 15.6 Å². The fourth-order valence-electron chi connectivity index (χ4n) is 1.71. The zero-order valence-corrected chi connectivity index (χ0v) is 13.3. The Morgan fingerprint density at radius 1 is 1.40 bits per heavy atom. The average molecular weight is 299 g/mol. The van der Waals surface area contributed by atoms with Gasteiger partial charge >= 0.3 is 6.03 Å². The van der Waals surface area contributed by atoms with Gasteiger partial charge in [-0.2, -0.15) is 0 Å². The van der Waals surface area contributed by atoms with Crippen LogP contribution in [0.4, 0.5) is 4.79 Å². The van der Waals surface area contributed by atoms with Gasteiger partial charge in [0.05, 0.1) is 5.01 Å². The summed E-state index contributed by atoms with van der Waals surface area (Å²) in [6, 6.07) is -0.139. The van der Waals surface area contributed by atoms with E-state index in [4.69, 9.17) is 5.11 Å². The molecule has 0 saturated heterocycles. The molecule has 0 saturated carbocycles. The van der Waals surface area contributed by atoms with Crippen LogP contribution in [0.1, 0.15) is 36.6 Å². The number of hydrogen-bond acceptors (Lipinski definition) is 4. The van der Waals surface area contributed by atoms with Gasteiger partial charge in [0.2, 0.25) is 0 Å². The second kappa shape index (κ2) is 8.21. The molecular formula is C14H25N3O2S. The molecule has 0 aliphatic heterocycles. The van der Waals surface area contributed by atoms with Gasteiger partial charge in [-0.15, -0.1) is 11.3 Å². The predicted molar refractivity (Wildman–Crippen MR) is 82.1 cm³/mol. The van der Waals surface area contributed by atoms with Crippen LogP contribution in [0.25, 0.3) is 0 Å². The van der Waals surface area contributed by atoms with Crippen LogP contribution < -0.4 is 10.6 Å². The molecule has 1 heterocycles. The number of thiazole rings is 1. The van der Waals surface area contributed by atoms with Crippen molar-refractivity contribution in [3.8, 4) is 0 Å². The Hall–Kier alpha value is -1.14. The highest BCUT2D eigenvalue weighted by atomic mass is 32.1. The Bertz CT molecular complexity index is 418. The first-order chi connectivity index (χ1) is 9.43. The summed E-state index contributed by atoms with van der Waals surface area (Å²) < 4.78 is 0. The van der Waals surface area contributed by atoms with Crippen LogP contribution in [0.2, 0.25) is 0 Å². The molecule has 114 valence electrons. The van der Waals surface area contributed by atoms with Gasteiger partial charge in [-0.05, 0) is 25.2 Å². The zero-order chi connectivity index (χ0) is 15.0. The Morgan fingerprint density at radius 3 is 2.70 bits per heavy atom.